The van der Waals surface area contributed by atoms with Crippen molar-refractivity contribution in [2.45, 2.75) is 13.8 Å². The Labute approximate surface area is 189 Å². The Balaban J connectivity index is 1.36. The van der Waals surface area contributed by atoms with Gasteiger partial charge in [0.2, 0.25) is 5.91 Å². The molecule has 1 fully saturated rings. The predicted molar refractivity (Wildman–Crippen MR) is 129 cm³/mol. The largest absolute Gasteiger partial charge is 0.336 e. The van der Waals surface area contributed by atoms with Crippen LogP contribution in [0.15, 0.2) is 72.8 Å². The third-order valence-electron chi connectivity index (χ3n) is 6.01. The van der Waals surface area contributed by atoms with Gasteiger partial charge >= 0.3 is 0 Å². The van der Waals surface area contributed by atoms with Gasteiger partial charge in [-0.2, -0.15) is 0 Å². The van der Waals surface area contributed by atoms with E-state index in [4.69, 9.17) is 0 Å². The number of rotatable bonds is 5. The summed E-state index contributed by atoms with van der Waals surface area (Å²) < 4.78 is 0. The third-order valence-corrected chi connectivity index (χ3v) is 6.01. The van der Waals surface area contributed by atoms with Gasteiger partial charge in [-0.25, -0.2) is 0 Å². The minimum Gasteiger partial charge on any atom is -0.336 e. The van der Waals surface area contributed by atoms with Gasteiger partial charge in [-0.3, -0.25) is 14.5 Å². The Morgan fingerprint density at radius 2 is 1.41 bits per heavy atom. The molecular weight excluding hydrogens is 398 g/mol. The molecule has 0 bridgehead atoms. The average Bonchev–Trinajstić information content (AvgIpc) is 2.82. The summed E-state index contributed by atoms with van der Waals surface area (Å²) in [5.41, 5.74) is 5.73. The topological polar surface area (TPSA) is 52.7 Å². The van der Waals surface area contributed by atoms with Gasteiger partial charge < -0.3 is 10.2 Å². The fraction of sp³-hybridized carbons (Fsp3) is 0.259. The lowest BCUT2D eigenvalue weighted by Gasteiger charge is -2.34. The van der Waals surface area contributed by atoms with Crippen LogP contribution in [0.1, 0.15) is 21.5 Å². The lowest BCUT2D eigenvalue weighted by Crippen LogP contribution is -2.50. The van der Waals surface area contributed by atoms with Gasteiger partial charge in [0.15, 0.2) is 0 Å². The first-order valence-corrected chi connectivity index (χ1v) is 11.0. The number of piperazine rings is 1. The molecule has 1 saturated heterocycles. The van der Waals surface area contributed by atoms with Crippen LogP contribution in [0.3, 0.4) is 0 Å². The molecule has 0 aliphatic carbocycles. The molecule has 0 atom stereocenters. The molecule has 0 saturated carbocycles. The van der Waals surface area contributed by atoms with Crippen molar-refractivity contribution >= 4 is 17.5 Å². The first-order valence-electron chi connectivity index (χ1n) is 11.0. The number of carbonyl (C=O) groups excluding carboxylic acids is 2. The second-order valence-electron chi connectivity index (χ2n) is 8.29. The molecule has 0 aromatic heterocycles. The van der Waals surface area contributed by atoms with Crippen molar-refractivity contribution in [3.8, 4) is 11.1 Å². The maximum absolute atomic E-state index is 13.3. The summed E-state index contributed by atoms with van der Waals surface area (Å²) in [6.45, 7) is 6.91. The van der Waals surface area contributed by atoms with Gasteiger partial charge in [-0.1, -0.05) is 66.7 Å². The molecule has 0 radical (unpaired) electrons. The molecule has 5 nitrogen and oxygen atoms in total. The molecule has 5 heteroatoms. The molecule has 1 N–H and O–H groups in total. The fourth-order valence-electron chi connectivity index (χ4n) is 4.21. The first kappa shape index (κ1) is 21.8. The summed E-state index contributed by atoms with van der Waals surface area (Å²) >= 11 is 0. The maximum Gasteiger partial charge on any atom is 0.254 e. The van der Waals surface area contributed by atoms with E-state index in [1.54, 1.807) is 0 Å². The predicted octanol–water partition coefficient (Wildman–Crippen LogP) is 4.37. The van der Waals surface area contributed by atoms with Crippen molar-refractivity contribution in [2.75, 3.05) is 38.0 Å². The number of benzene rings is 3. The van der Waals surface area contributed by atoms with E-state index in [9.17, 15) is 9.59 Å². The van der Waals surface area contributed by atoms with E-state index in [-0.39, 0.29) is 11.8 Å². The number of carbonyl (C=O) groups is 2. The van der Waals surface area contributed by atoms with Gasteiger partial charge in [-0.15, -0.1) is 0 Å². The number of anilines is 1. The van der Waals surface area contributed by atoms with Crippen molar-refractivity contribution in [3.63, 3.8) is 0 Å². The minimum atomic E-state index is -0.0170. The molecule has 1 aliphatic heterocycles. The van der Waals surface area contributed by atoms with E-state index in [1.807, 2.05) is 91.5 Å². The van der Waals surface area contributed by atoms with Crippen LogP contribution in [-0.2, 0) is 4.79 Å². The Morgan fingerprint density at radius 1 is 0.781 bits per heavy atom. The number of aryl methyl sites for hydroxylation is 2. The van der Waals surface area contributed by atoms with Crippen LogP contribution in [0, 0.1) is 13.8 Å². The molecule has 32 heavy (non-hydrogen) atoms. The lowest BCUT2D eigenvalue weighted by molar-refractivity contribution is -0.117. The lowest BCUT2D eigenvalue weighted by atomic mass is 9.98. The van der Waals surface area contributed by atoms with E-state index in [0.717, 1.165) is 33.5 Å². The van der Waals surface area contributed by atoms with Crippen molar-refractivity contribution in [1.82, 2.24) is 9.80 Å². The Hall–Kier alpha value is -3.44. The van der Waals surface area contributed by atoms with Crippen molar-refractivity contribution in [1.29, 1.82) is 0 Å². The summed E-state index contributed by atoms with van der Waals surface area (Å²) in [6.07, 6.45) is 0. The standard InChI is InChI=1S/C27H29N3O2/c1-20-9-8-10-21(2)26(20)28-25(31)19-29-15-17-30(18-16-29)27(32)24-14-7-6-13-23(24)22-11-4-3-5-12-22/h3-14H,15-19H2,1-2H3,(H,28,31). The molecule has 164 valence electrons. The molecule has 3 aromatic carbocycles. The Bertz CT molecular complexity index is 1080. The smallest absolute Gasteiger partial charge is 0.254 e. The number of nitrogens with zero attached hydrogens (tertiary/aromatic N) is 2. The van der Waals surface area contributed by atoms with Gasteiger partial charge in [-0.05, 0) is 42.2 Å². The summed E-state index contributed by atoms with van der Waals surface area (Å²) in [6, 6.07) is 23.8. The quantitative estimate of drug-likeness (QED) is 0.658. The van der Waals surface area contributed by atoms with E-state index in [2.05, 4.69) is 10.2 Å². The van der Waals surface area contributed by atoms with Crippen LogP contribution in [-0.4, -0.2) is 54.3 Å². The summed E-state index contributed by atoms with van der Waals surface area (Å²) in [5, 5.41) is 3.05. The molecule has 3 aromatic rings. The second kappa shape index (κ2) is 9.79. The highest BCUT2D eigenvalue weighted by Crippen LogP contribution is 2.25. The van der Waals surface area contributed by atoms with Gasteiger partial charge in [0, 0.05) is 37.4 Å². The van der Waals surface area contributed by atoms with Crippen LogP contribution >= 0.6 is 0 Å². The van der Waals surface area contributed by atoms with Crippen LogP contribution in [0.25, 0.3) is 11.1 Å². The molecular formula is C27H29N3O2. The monoisotopic (exact) mass is 427 g/mol. The minimum absolute atomic E-state index is 0.0170. The van der Waals surface area contributed by atoms with Crippen LogP contribution < -0.4 is 5.32 Å². The Morgan fingerprint density at radius 3 is 2.09 bits per heavy atom. The molecule has 1 aliphatic rings. The van der Waals surface area contributed by atoms with Crippen LogP contribution in [0.2, 0.25) is 0 Å². The maximum atomic E-state index is 13.3. The van der Waals surface area contributed by atoms with E-state index >= 15 is 0 Å². The van der Waals surface area contributed by atoms with Crippen LogP contribution in [0.5, 0.6) is 0 Å². The number of para-hydroxylation sites is 1. The molecule has 4 rings (SSSR count). The Kier molecular flexibility index (Phi) is 6.66. The van der Waals surface area contributed by atoms with Crippen molar-refractivity contribution in [3.05, 3.63) is 89.5 Å². The molecule has 1 heterocycles. The fourth-order valence-corrected chi connectivity index (χ4v) is 4.21. The second-order valence-corrected chi connectivity index (χ2v) is 8.29. The van der Waals surface area contributed by atoms with Crippen molar-refractivity contribution in [2.24, 2.45) is 0 Å². The third kappa shape index (κ3) is 4.89. The number of hydrogen-bond acceptors (Lipinski definition) is 3. The summed E-state index contributed by atoms with van der Waals surface area (Å²) in [5.74, 6) is 0.0284. The zero-order valence-electron chi connectivity index (χ0n) is 18.7. The highest BCUT2D eigenvalue weighted by Gasteiger charge is 2.25. The molecule has 2 amide bonds. The van der Waals surface area contributed by atoms with Gasteiger partial charge in [0.05, 0.1) is 6.54 Å². The van der Waals surface area contributed by atoms with E-state index < -0.39 is 0 Å². The molecule has 0 spiro atoms. The number of hydrogen-bond donors (Lipinski definition) is 1. The average molecular weight is 428 g/mol. The zero-order valence-corrected chi connectivity index (χ0v) is 18.7. The number of amides is 2. The zero-order chi connectivity index (χ0) is 22.5. The van der Waals surface area contributed by atoms with Crippen molar-refractivity contribution < 1.29 is 9.59 Å². The summed E-state index contributed by atoms with van der Waals surface area (Å²) in [4.78, 5) is 29.9. The van der Waals surface area contributed by atoms with Crippen LogP contribution in [0.4, 0.5) is 5.69 Å². The summed E-state index contributed by atoms with van der Waals surface area (Å²) in [7, 11) is 0. The van der Waals surface area contributed by atoms with Gasteiger partial charge in [0.1, 0.15) is 0 Å². The van der Waals surface area contributed by atoms with E-state index in [1.165, 1.54) is 0 Å². The highest BCUT2D eigenvalue weighted by molar-refractivity contribution is 6.01. The number of nitrogens with one attached hydrogen (secondary N) is 1. The van der Waals surface area contributed by atoms with E-state index in [0.29, 0.717) is 32.7 Å². The first-order chi connectivity index (χ1) is 15.5. The normalized spacial score (nSPS) is 14.2. The highest BCUT2D eigenvalue weighted by atomic mass is 16.2. The SMILES string of the molecule is Cc1cccc(C)c1NC(=O)CN1CCN(C(=O)c2ccccc2-c2ccccc2)CC1. The van der Waals surface area contributed by atoms with Gasteiger partial charge in [0.25, 0.3) is 5.91 Å². The molecule has 0 unspecified atom stereocenters.